The highest BCUT2D eigenvalue weighted by molar-refractivity contribution is 7.91. The maximum atomic E-state index is 12.6. The van der Waals surface area contributed by atoms with Crippen molar-refractivity contribution in [1.29, 1.82) is 0 Å². The van der Waals surface area contributed by atoms with Crippen molar-refractivity contribution in [2.75, 3.05) is 12.5 Å². The van der Waals surface area contributed by atoms with E-state index in [1.54, 1.807) is 33.0 Å². The van der Waals surface area contributed by atoms with Crippen LogP contribution in [0.25, 0.3) is 33.2 Å². The van der Waals surface area contributed by atoms with Crippen LogP contribution in [0.15, 0.2) is 77.8 Å². The Balaban J connectivity index is 2.00. The van der Waals surface area contributed by atoms with Gasteiger partial charge in [0.2, 0.25) is 0 Å². The molecule has 0 fully saturated rings. The van der Waals surface area contributed by atoms with Crippen LogP contribution in [0.1, 0.15) is 25.0 Å². The molecular formula is C27H27NO4S2. The van der Waals surface area contributed by atoms with Crippen LogP contribution in [0.2, 0.25) is 0 Å². The first kappa shape index (κ1) is 24.1. The van der Waals surface area contributed by atoms with Gasteiger partial charge in [-0.15, -0.1) is 0 Å². The average molecular weight is 494 g/mol. The maximum absolute atomic E-state index is 12.6. The minimum atomic E-state index is -3.45. The van der Waals surface area contributed by atoms with E-state index < -0.39 is 24.4 Å². The van der Waals surface area contributed by atoms with E-state index in [4.69, 9.17) is 0 Å². The molecule has 0 N–H and O–H groups in total. The smallest absolute Gasteiger partial charge is 0.176 e. The number of sulfone groups is 2. The molecule has 0 bridgehead atoms. The molecule has 7 heteroatoms. The van der Waals surface area contributed by atoms with E-state index in [0.717, 1.165) is 27.6 Å². The highest BCUT2D eigenvalue weighted by Gasteiger charge is 2.33. The molecule has 4 rings (SSSR count). The number of nitrogens with zero attached hydrogens (tertiary/aromatic N) is 1. The summed E-state index contributed by atoms with van der Waals surface area (Å²) >= 11 is 0. The molecule has 1 heterocycles. The van der Waals surface area contributed by atoms with Crippen LogP contribution in [-0.2, 0) is 24.4 Å². The number of fused-ring (bicyclic) bond motifs is 1. The highest BCUT2D eigenvalue weighted by Crippen LogP contribution is 2.38. The third kappa shape index (κ3) is 4.26. The van der Waals surface area contributed by atoms with Crippen molar-refractivity contribution in [3.63, 3.8) is 0 Å². The van der Waals surface area contributed by atoms with E-state index in [9.17, 15) is 16.8 Å². The Morgan fingerprint density at radius 3 is 2.06 bits per heavy atom. The zero-order valence-corrected chi connectivity index (χ0v) is 21.5. The summed E-state index contributed by atoms with van der Waals surface area (Å²) in [5, 5.41) is 0.838. The zero-order chi connectivity index (χ0) is 24.9. The van der Waals surface area contributed by atoms with Crippen LogP contribution in [0.4, 0.5) is 0 Å². The Kier molecular flexibility index (Phi) is 5.90. The first-order valence-corrected chi connectivity index (χ1v) is 14.6. The largest absolute Gasteiger partial charge is 0.256 e. The fourth-order valence-electron chi connectivity index (χ4n) is 4.20. The maximum Gasteiger partial charge on any atom is 0.176 e. The molecule has 0 radical (unpaired) electrons. The minimum absolute atomic E-state index is 0.307. The number of rotatable bonds is 5. The van der Waals surface area contributed by atoms with Crippen molar-refractivity contribution in [2.24, 2.45) is 0 Å². The lowest BCUT2D eigenvalue weighted by Crippen LogP contribution is -2.28. The van der Waals surface area contributed by atoms with E-state index >= 15 is 0 Å². The van der Waals surface area contributed by atoms with Gasteiger partial charge < -0.3 is 0 Å². The molecule has 1 aromatic heterocycles. The van der Waals surface area contributed by atoms with Gasteiger partial charge in [0.05, 0.1) is 15.2 Å². The normalized spacial score (nSPS) is 12.7. The standard InChI is InChI=1S/C27H27NO4S2/c1-18-9-6-13-23(26(18)33(4,29)30)19-10-7-11-20(15-19)24-17-22(27(2,3)34(5,31)32)16-21-12-8-14-28-25(21)24/h6-17H,1-5H3. The van der Waals surface area contributed by atoms with Crippen LogP contribution in [0.3, 0.4) is 0 Å². The van der Waals surface area contributed by atoms with E-state index in [2.05, 4.69) is 4.98 Å². The van der Waals surface area contributed by atoms with Gasteiger partial charge in [-0.25, -0.2) is 16.8 Å². The molecule has 0 aliphatic rings. The zero-order valence-electron chi connectivity index (χ0n) is 19.8. The minimum Gasteiger partial charge on any atom is -0.256 e. The Hall–Kier alpha value is -3.03. The molecule has 5 nitrogen and oxygen atoms in total. The predicted molar refractivity (Wildman–Crippen MR) is 138 cm³/mol. The van der Waals surface area contributed by atoms with Gasteiger partial charge in [0.25, 0.3) is 0 Å². The van der Waals surface area contributed by atoms with Crippen molar-refractivity contribution >= 4 is 30.6 Å². The number of benzene rings is 3. The Morgan fingerprint density at radius 2 is 1.41 bits per heavy atom. The van der Waals surface area contributed by atoms with Gasteiger partial charge in [0, 0.05) is 35.2 Å². The number of hydrogen-bond donors (Lipinski definition) is 0. The number of aryl methyl sites for hydroxylation is 1. The molecule has 0 saturated heterocycles. The molecule has 0 spiro atoms. The van der Waals surface area contributed by atoms with Gasteiger partial charge in [-0.3, -0.25) is 4.98 Å². The average Bonchev–Trinajstić information content (AvgIpc) is 2.76. The lowest BCUT2D eigenvalue weighted by atomic mass is 9.92. The second-order valence-electron chi connectivity index (χ2n) is 9.19. The first-order valence-electron chi connectivity index (χ1n) is 10.8. The van der Waals surface area contributed by atoms with E-state index in [1.807, 2.05) is 60.7 Å². The molecular weight excluding hydrogens is 466 g/mol. The first-order chi connectivity index (χ1) is 15.8. The van der Waals surface area contributed by atoms with Crippen LogP contribution >= 0.6 is 0 Å². The summed E-state index contributed by atoms with van der Waals surface area (Å²) in [7, 11) is -6.83. The Bertz CT molecular complexity index is 1640. The van der Waals surface area contributed by atoms with Crippen molar-refractivity contribution in [3.8, 4) is 22.3 Å². The summed E-state index contributed by atoms with van der Waals surface area (Å²) < 4.78 is 49.2. The second-order valence-corrected chi connectivity index (χ2v) is 13.7. The summed E-state index contributed by atoms with van der Waals surface area (Å²) in [6.07, 6.45) is 4.17. The molecule has 0 unspecified atom stereocenters. The van der Waals surface area contributed by atoms with E-state index in [1.165, 1.54) is 12.5 Å². The fourth-order valence-corrected chi connectivity index (χ4v) is 5.98. The van der Waals surface area contributed by atoms with Crippen LogP contribution < -0.4 is 0 Å². The van der Waals surface area contributed by atoms with Crippen molar-refractivity contribution in [1.82, 2.24) is 4.98 Å². The number of hydrogen-bond acceptors (Lipinski definition) is 5. The van der Waals surface area contributed by atoms with Gasteiger partial charge in [0.1, 0.15) is 0 Å². The molecule has 0 saturated carbocycles. The van der Waals surface area contributed by atoms with E-state index in [0.29, 0.717) is 21.6 Å². The lowest BCUT2D eigenvalue weighted by molar-refractivity contribution is 0.561. The molecule has 3 aromatic carbocycles. The molecule has 0 aliphatic carbocycles. The molecule has 176 valence electrons. The summed E-state index contributed by atoms with van der Waals surface area (Å²) in [6, 6.07) is 20.6. The Labute approximate surface area is 201 Å². The van der Waals surface area contributed by atoms with Gasteiger partial charge >= 0.3 is 0 Å². The number of pyridine rings is 1. The molecule has 0 amide bonds. The molecule has 0 aliphatic heterocycles. The second kappa shape index (κ2) is 8.32. The van der Waals surface area contributed by atoms with Crippen LogP contribution in [0, 0.1) is 6.92 Å². The lowest BCUT2D eigenvalue weighted by Gasteiger charge is -2.24. The van der Waals surface area contributed by atoms with Crippen molar-refractivity contribution < 1.29 is 16.8 Å². The SMILES string of the molecule is Cc1cccc(-c2cccc(-c3cc(C(C)(C)S(C)(=O)=O)cc4cccnc34)c2)c1S(C)(=O)=O. The Morgan fingerprint density at radius 1 is 0.765 bits per heavy atom. The summed E-state index contributed by atoms with van der Waals surface area (Å²) in [4.78, 5) is 4.88. The summed E-state index contributed by atoms with van der Waals surface area (Å²) in [5.74, 6) is 0. The van der Waals surface area contributed by atoms with Gasteiger partial charge in [-0.2, -0.15) is 0 Å². The summed E-state index contributed by atoms with van der Waals surface area (Å²) in [6.45, 7) is 5.19. The van der Waals surface area contributed by atoms with Crippen LogP contribution in [0.5, 0.6) is 0 Å². The van der Waals surface area contributed by atoms with Gasteiger partial charge in [-0.1, -0.05) is 42.5 Å². The van der Waals surface area contributed by atoms with Crippen LogP contribution in [-0.4, -0.2) is 34.3 Å². The third-order valence-corrected chi connectivity index (χ3v) is 9.77. The number of aromatic nitrogens is 1. The quantitative estimate of drug-likeness (QED) is 0.364. The topological polar surface area (TPSA) is 81.2 Å². The monoisotopic (exact) mass is 493 g/mol. The van der Waals surface area contributed by atoms with Crippen molar-refractivity contribution in [3.05, 3.63) is 84.1 Å². The predicted octanol–water partition coefficient (Wildman–Crippen LogP) is 5.56. The third-order valence-electron chi connectivity index (χ3n) is 6.39. The molecule has 0 atom stereocenters. The van der Waals surface area contributed by atoms with Gasteiger partial charge in [-0.05, 0) is 67.3 Å². The van der Waals surface area contributed by atoms with Gasteiger partial charge in [0.15, 0.2) is 19.7 Å². The van der Waals surface area contributed by atoms with Crippen molar-refractivity contribution in [2.45, 2.75) is 30.4 Å². The summed E-state index contributed by atoms with van der Waals surface area (Å²) in [5.41, 5.74) is 5.12. The highest BCUT2D eigenvalue weighted by atomic mass is 32.2. The molecule has 4 aromatic rings. The molecule has 34 heavy (non-hydrogen) atoms. The van der Waals surface area contributed by atoms with E-state index in [-0.39, 0.29) is 0 Å². The fraction of sp³-hybridized carbons (Fsp3) is 0.222.